The zero-order valence-electron chi connectivity index (χ0n) is 14.5. The fourth-order valence-corrected chi connectivity index (χ4v) is 3.01. The lowest BCUT2D eigenvalue weighted by molar-refractivity contribution is 0.412. The Morgan fingerprint density at radius 1 is 0.556 bits per heavy atom. The molecular formula is C24H18O3. The molecule has 132 valence electrons. The van der Waals surface area contributed by atoms with Crippen LogP contribution in [0.25, 0.3) is 22.3 Å². The number of aromatic hydroxyl groups is 2. The third-order valence-electron chi connectivity index (χ3n) is 4.36. The van der Waals surface area contributed by atoms with Crippen LogP contribution in [0.3, 0.4) is 0 Å². The quantitative estimate of drug-likeness (QED) is 0.457. The number of rotatable bonds is 4. The topological polar surface area (TPSA) is 49.7 Å². The lowest BCUT2D eigenvalue weighted by atomic mass is 10.0. The zero-order valence-corrected chi connectivity index (χ0v) is 14.5. The second-order valence-corrected chi connectivity index (χ2v) is 6.17. The molecule has 0 amide bonds. The van der Waals surface area contributed by atoms with Gasteiger partial charge in [0.2, 0.25) is 0 Å². The van der Waals surface area contributed by atoms with Crippen LogP contribution in [0.15, 0.2) is 97.1 Å². The van der Waals surface area contributed by atoms with E-state index in [0.29, 0.717) is 22.6 Å². The SMILES string of the molecule is Oc1ccc(Oc2cccc(-c3ccccc3)c2O)cc1-c1ccccc1. The molecule has 0 saturated carbocycles. The molecule has 3 heteroatoms. The van der Waals surface area contributed by atoms with Gasteiger partial charge in [0.1, 0.15) is 11.5 Å². The van der Waals surface area contributed by atoms with E-state index in [1.807, 2.05) is 72.8 Å². The lowest BCUT2D eigenvalue weighted by Gasteiger charge is -2.13. The van der Waals surface area contributed by atoms with E-state index in [2.05, 4.69) is 0 Å². The molecule has 2 N–H and O–H groups in total. The number of phenolic OH excluding ortho intramolecular Hbond substituents is 2. The Bertz CT molecular complexity index is 1060. The summed E-state index contributed by atoms with van der Waals surface area (Å²) < 4.78 is 5.93. The maximum Gasteiger partial charge on any atom is 0.169 e. The van der Waals surface area contributed by atoms with Crippen molar-refractivity contribution in [2.24, 2.45) is 0 Å². The second-order valence-electron chi connectivity index (χ2n) is 6.17. The summed E-state index contributed by atoms with van der Waals surface area (Å²) in [6, 6.07) is 29.7. The molecule has 0 aliphatic carbocycles. The van der Waals surface area contributed by atoms with Crippen molar-refractivity contribution in [3.63, 3.8) is 0 Å². The molecule has 0 radical (unpaired) electrons. The van der Waals surface area contributed by atoms with Gasteiger partial charge in [-0.2, -0.15) is 0 Å². The first-order valence-electron chi connectivity index (χ1n) is 8.66. The molecule has 4 aromatic carbocycles. The minimum atomic E-state index is 0.0815. The van der Waals surface area contributed by atoms with Gasteiger partial charge in [-0.05, 0) is 35.4 Å². The van der Waals surface area contributed by atoms with E-state index in [4.69, 9.17) is 4.74 Å². The molecule has 3 nitrogen and oxygen atoms in total. The van der Waals surface area contributed by atoms with Crippen LogP contribution in [-0.4, -0.2) is 10.2 Å². The van der Waals surface area contributed by atoms with E-state index in [1.54, 1.807) is 24.3 Å². The van der Waals surface area contributed by atoms with Crippen molar-refractivity contribution in [1.82, 2.24) is 0 Å². The van der Waals surface area contributed by atoms with Gasteiger partial charge in [-0.15, -0.1) is 0 Å². The number of ether oxygens (including phenoxy) is 1. The molecule has 27 heavy (non-hydrogen) atoms. The van der Waals surface area contributed by atoms with Crippen molar-refractivity contribution in [3.05, 3.63) is 97.1 Å². The Kier molecular flexibility index (Phi) is 4.50. The summed E-state index contributed by atoms with van der Waals surface area (Å²) >= 11 is 0. The van der Waals surface area contributed by atoms with Crippen LogP contribution in [0.1, 0.15) is 0 Å². The van der Waals surface area contributed by atoms with Gasteiger partial charge in [0.25, 0.3) is 0 Å². The monoisotopic (exact) mass is 354 g/mol. The van der Waals surface area contributed by atoms with Crippen LogP contribution in [0.5, 0.6) is 23.0 Å². The Hall–Kier alpha value is -3.72. The maximum absolute atomic E-state index is 10.7. The minimum absolute atomic E-state index is 0.0815. The first-order chi connectivity index (χ1) is 13.2. The van der Waals surface area contributed by atoms with Crippen LogP contribution in [0.4, 0.5) is 0 Å². The Labute approximate surface area is 157 Å². The molecule has 0 unspecified atom stereocenters. The predicted octanol–water partition coefficient (Wildman–Crippen LogP) is 6.22. The molecular weight excluding hydrogens is 336 g/mol. The van der Waals surface area contributed by atoms with Crippen LogP contribution < -0.4 is 4.74 Å². The van der Waals surface area contributed by atoms with Gasteiger partial charge in [-0.25, -0.2) is 0 Å². The molecule has 0 aliphatic heterocycles. The molecule has 0 spiro atoms. The lowest BCUT2D eigenvalue weighted by Crippen LogP contribution is -1.88. The molecule has 0 heterocycles. The van der Waals surface area contributed by atoms with Crippen molar-refractivity contribution in [3.8, 4) is 45.3 Å². The molecule has 0 bridgehead atoms. The molecule has 0 saturated heterocycles. The molecule has 0 atom stereocenters. The highest BCUT2D eigenvalue weighted by atomic mass is 16.5. The summed E-state index contributed by atoms with van der Waals surface area (Å²) in [5.74, 6) is 1.15. The van der Waals surface area contributed by atoms with Crippen molar-refractivity contribution in [1.29, 1.82) is 0 Å². The summed E-state index contributed by atoms with van der Waals surface area (Å²) in [6.45, 7) is 0. The smallest absolute Gasteiger partial charge is 0.169 e. The summed E-state index contributed by atoms with van der Waals surface area (Å²) in [4.78, 5) is 0. The van der Waals surface area contributed by atoms with Crippen LogP contribution in [-0.2, 0) is 0 Å². The number of hydrogen-bond donors (Lipinski definition) is 2. The normalized spacial score (nSPS) is 10.5. The first kappa shape index (κ1) is 16.7. The average molecular weight is 354 g/mol. The highest BCUT2D eigenvalue weighted by Crippen LogP contribution is 2.40. The zero-order chi connectivity index (χ0) is 18.6. The van der Waals surface area contributed by atoms with Crippen LogP contribution >= 0.6 is 0 Å². The summed E-state index contributed by atoms with van der Waals surface area (Å²) in [6.07, 6.45) is 0. The highest BCUT2D eigenvalue weighted by molar-refractivity contribution is 5.74. The Morgan fingerprint density at radius 3 is 1.85 bits per heavy atom. The fourth-order valence-electron chi connectivity index (χ4n) is 3.01. The van der Waals surface area contributed by atoms with Crippen molar-refractivity contribution in [2.45, 2.75) is 0 Å². The molecule has 0 aromatic heterocycles. The predicted molar refractivity (Wildman–Crippen MR) is 107 cm³/mol. The third-order valence-corrected chi connectivity index (χ3v) is 4.36. The maximum atomic E-state index is 10.7. The first-order valence-corrected chi connectivity index (χ1v) is 8.66. The number of benzene rings is 4. The van der Waals surface area contributed by atoms with Gasteiger partial charge in [0, 0.05) is 11.1 Å². The van der Waals surface area contributed by atoms with E-state index in [9.17, 15) is 10.2 Å². The van der Waals surface area contributed by atoms with Gasteiger partial charge in [0.05, 0.1) is 0 Å². The molecule has 4 rings (SSSR count). The van der Waals surface area contributed by atoms with Crippen molar-refractivity contribution < 1.29 is 14.9 Å². The van der Waals surface area contributed by atoms with E-state index in [1.165, 1.54) is 0 Å². The van der Waals surface area contributed by atoms with Gasteiger partial charge < -0.3 is 14.9 Å². The standard InChI is InChI=1S/C24H18O3/c25-22-15-14-19(16-21(22)18-10-5-2-6-11-18)27-23-13-7-12-20(24(23)26)17-8-3-1-4-9-17/h1-16,25-26H. The molecule has 0 fully saturated rings. The Morgan fingerprint density at radius 2 is 1.19 bits per heavy atom. The molecule has 4 aromatic rings. The average Bonchev–Trinajstić information content (AvgIpc) is 2.72. The largest absolute Gasteiger partial charge is 0.507 e. The van der Waals surface area contributed by atoms with E-state index in [-0.39, 0.29) is 11.5 Å². The molecule has 0 aliphatic rings. The van der Waals surface area contributed by atoms with Crippen LogP contribution in [0.2, 0.25) is 0 Å². The van der Waals surface area contributed by atoms with E-state index in [0.717, 1.165) is 11.1 Å². The number of para-hydroxylation sites is 1. The second kappa shape index (κ2) is 7.26. The van der Waals surface area contributed by atoms with Gasteiger partial charge in [-0.3, -0.25) is 0 Å². The van der Waals surface area contributed by atoms with Gasteiger partial charge in [0.15, 0.2) is 11.5 Å². The van der Waals surface area contributed by atoms with Gasteiger partial charge in [-0.1, -0.05) is 72.8 Å². The summed E-state index contributed by atoms with van der Waals surface area (Å²) in [5, 5.41) is 20.9. The fraction of sp³-hybridized carbons (Fsp3) is 0. The van der Waals surface area contributed by atoms with Crippen LogP contribution in [0, 0.1) is 0 Å². The minimum Gasteiger partial charge on any atom is -0.507 e. The van der Waals surface area contributed by atoms with E-state index < -0.39 is 0 Å². The van der Waals surface area contributed by atoms with Gasteiger partial charge >= 0.3 is 0 Å². The summed E-state index contributed by atoms with van der Waals surface area (Å²) in [5.41, 5.74) is 3.18. The van der Waals surface area contributed by atoms with Crippen molar-refractivity contribution >= 4 is 0 Å². The summed E-state index contributed by atoms with van der Waals surface area (Å²) in [7, 11) is 0. The third kappa shape index (κ3) is 3.48. The number of phenols is 2. The van der Waals surface area contributed by atoms with E-state index >= 15 is 0 Å². The van der Waals surface area contributed by atoms with Crippen molar-refractivity contribution in [2.75, 3.05) is 0 Å². The Balaban J connectivity index is 1.69. The number of hydrogen-bond acceptors (Lipinski definition) is 3. The highest BCUT2D eigenvalue weighted by Gasteiger charge is 2.12.